The maximum Gasteiger partial charge on any atom is 0.230 e. The van der Waals surface area contributed by atoms with Crippen LogP contribution in [0.4, 0.5) is 0 Å². The second-order valence-electron chi connectivity index (χ2n) is 6.01. The summed E-state index contributed by atoms with van der Waals surface area (Å²) in [4.78, 5) is 6.77. The Hall–Kier alpha value is -2.53. The fraction of sp³-hybridized carbons (Fsp3) is 0.316. The average molecular weight is 324 g/mol. The summed E-state index contributed by atoms with van der Waals surface area (Å²) in [5.41, 5.74) is 1.90. The number of ether oxygens (including phenoxy) is 2. The van der Waals surface area contributed by atoms with Gasteiger partial charge in [-0.1, -0.05) is 0 Å². The molecule has 2 aromatic heterocycles. The molecule has 0 aliphatic carbocycles. The lowest BCUT2D eigenvalue weighted by atomic mass is 10.1. The highest BCUT2D eigenvalue weighted by Crippen LogP contribution is 2.32. The van der Waals surface area contributed by atoms with Gasteiger partial charge in [-0.05, 0) is 56.3 Å². The summed E-state index contributed by atoms with van der Waals surface area (Å²) in [5, 5.41) is 0.870. The zero-order valence-electron chi connectivity index (χ0n) is 13.7. The van der Waals surface area contributed by atoms with Crippen LogP contribution < -0.4 is 9.47 Å². The molecule has 1 aliphatic rings. The molecule has 5 nitrogen and oxygen atoms in total. The van der Waals surface area contributed by atoms with Gasteiger partial charge in [0.05, 0.1) is 18.8 Å². The molecule has 0 atom stereocenters. The fourth-order valence-corrected chi connectivity index (χ4v) is 3.19. The Labute approximate surface area is 140 Å². The van der Waals surface area contributed by atoms with Gasteiger partial charge in [0.1, 0.15) is 17.1 Å². The fourth-order valence-electron chi connectivity index (χ4n) is 3.19. The van der Waals surface area contributed by atoms with Crippen LogP contribution in [0.15, 0.2) is 47.2 Å². The highest BCUT2D eigenvalue weighted by atomic mass is 16.5. The molecule has 3 heterocycles. The Morgan fingerprint density at radius 1 is 1.17 bits per heavy atom. The lowest BCUT2D eigenvalue weighted by Gasteiger charge is -2.17. The van der Waals surface area contributed by atoms with Crippen molar-refractivity contribution in [2.45, 2.75) is 19.4 Å². The molecule has 0 amide bonds. The van der Waals surface area contributed by atoms with Crippen molar-refractivity contribution in [3.05, 3.63) is 48.4 Å². The molecular formula is C19H20N2O3. The number of hydrogen-bond acceptors (Lipinski definition) is 5. The molecule has 0 bridgehead atoms. The van der Waals surface area contributed by atoms with Crippen LogP contribution in [0.5, 0.6) is 17.4 Å². The van der Waals surface area contributed by atoms with E-state index in [0.717, 1.165) is 47.7 Å². The average Bonchev–Trinajstić information content (AvgIpc) is 3.27. The predicted molar refractivity (Wildman–Crippen MR) is 91.6 cm³/mol. The van der Waals surface area contributed by atoms with Crippen LogP contribution >= 0.6 is 0 Å². The van der Waals surface area contributed by atoms with E-state index >= 15 is 0 Å². The first kappa shape index (κ1) is 15.0. The predicted octanol–water partition coefficient (Wildman–Crippen LogP) is 4.22. The summed E-state index contributed by atoms with van der Waals surface area (Å²) in [5.74, 6) is 2.20. The number of benzene rings is 1. The van der Waals surface area contributed by atoms with Gasteiger partial charge in [0.2, 0.25) is 5.88 Å². The molecule has 24 heavy (non-hydrogen) atoms. The molecule has 1 saturated heterocycles. The number of methoxy groups -OCH3 is 1. The lowest BCUT2D eigenvalue weighted by Crippen LogP contribution is -2.18. The van der Waals surface area contributed by atoms with Gasteiger partial charge in [0.15, 0.2) is 0 Å². The Morgan fingerprint density at radius 3 is 2.88 bits per heavy atom. The van der Waals surface area contributed by atoms with Crippen molar-refractivity contribution < 1.29 is 13.9 Å². The monoisotopic (exact) mass is 324 g/mol. The minimum absolute atomic E-state index is 0.554. The number of hydrogen-bond donors (Lipinski definition) is 0. The number of furan rings is 1. The van der Waals surface area contributed by atoms with Crippen molar-refractivity contribution in [1.29, 1.82) is 0 Å². The van der Waals surface area contributed by atoms with Gasteiger partial charge in [0, 0.05) is 18.3 Å². The summed E-state index contributed by atoms with van der Waals surface area (Å²) in [6.45, 7) is 3.16. The largest absolute Gasteiger partial charge is 0.496 e. The topological polar surface area (TPSA) is 47.7 Å². The number of fused-ring (bicyclic) bond motifs is 1. The second kappa shape index (κ2) is 6.53. The first-order valence-corrected chi connectivity index (χ1v) is 8.23. The summed E-state index contributed by atoms with van der Waals surface area (Å²) in [6, 6.07) is 9.60. The van der Waals surface area contributed by atoms with Gasteiger partial charge in [-0.25, -0.2) is 4.98 Å². The number of nitrogens with zero attached hydrogens (tertiary/aromatic N) is 2. The van der Waals surface area contributed by atoms with Gasteiger partial charge in [0.25, 0.3) is 0 Å². The van der Waals surface area contributed by atoms with Crippen LogP contribution in [0.1, 0.15) is 18.4 Å². The Morgan fingerprint density at radius 2 is 2.04 bits per heavy atom. The van der Waals surface area contributed by atoms with Crippen LogP contribution in [0, 0.1) is 0 Å². The SMILES string of the molecule is COc1ccc(Oc2nccc3occc23)cc1CN1CCCC1. The van der Waals surface area contributed by atoms with Crippen molar-refractivity contribution in [2.24, 2.45) is 0 Å². The molecule has 1 aliphatic heterocycles. The zero-order valence-corrected chi connectivity index (χ0v) is 13.7. The third-order valence-corrected chi connectivity index (χ3v) is 4.40. The van der Waals surface area contributed by atoms with E-state index < -0.39 is 0 Å². The van der Waals surface area contributed by atoms with Crippen LogP contribution in [-0.2, 0) is 6.54 Å². The molecule has 124 valence electrons. The molecule has 1 aromatic carbocycles. The lowest BCUT2D eigenvalue weighted by molar-refractivity contribution is 0.320. The standard InChI is InChI=1S/C19H20N2O3/c1-22-17-5-4-15(12-14(17)13-21-9-2-3-10-21)24-19-16-7-11-23-18(16)6-8-20-19/h4-8,11-12H,2-3,9-10,13H2,1H3. The molecular weight excluding hydrogens is 304 g/mol. The Kier molecular flexibility index (Phi) is 4.09. The zero-order chi connectivity index (χ0) is 16.4. The van der Waals surface area contributed by atoms with E-state index in [1.807, 2.05) is 30.3 Å². The summed E-state index contributed by atoms with van der Waals surface area (Å²) >= 11 is 0. The smallest absolute Gasteiger partial charge is 0.230 e. The maximum absolute atomic E-state index is 6.01. The summed E-state index contributed by atoms with van der Waals surface area (Å²) < 4.78 is 16.9. The highest BCUT2D eigenvalue weighted by Gasteiger charge is 2.15. The summed E-state index contributed by atoms with van der Waals surface area (Å²) in [6.07, 6.45) is 5.87. The molecule has 0 unspecified atom stereocenters. The van der Waals surface area contributed by atoms with Crippen molar-refractivity contribution >= 4 is 11.0 Å². The van der Waals surface area contributed by atoms with Crippen LogP contribution in [0.3, 0.4) is 0 Å². The molecule has 1 fully saturated rings. The van der Waals surface area contributed by atoms with Gasteiger partial charge in [-0.3, -0.25) is 4.90 Å². The van der Waals surface area contributed by atoms with Crippen molar-refractivity contribution in [3.63, 3.8) is 0 Å². The normalized spacial score (nSPS) is 15.0. The number of likely N-dealkylation sites (tertiary alicyclic amines) is 1. The third-order valence-electron chi connectivity index (χ3n) is 4.40. The van der Waals surface area contributed by atoms with E-state index in [1.54, 1.807) is 19.6 Å². The molecule has 3 aromatic rings. The van der Waals surface area contributed by atoms with E-state index in [9.17, 15) is 0 Å². The summed E-state index contributed by atoms with van der Waals surface area (Å²) in [7, 11) is 1.71. The van der Waals surface area contributed by atoms with Crippen LogP contribution in [0.2, 0.25) is 0 Å². The van der Waals surface area contributed by atoms with Crippen molar-refractivity contribution in [2.75, 3.05) is 20.2 Å². The first-order chi connectivity index (χ1) is 11.8. The minimum Gasteiger partial charge on any atom is -0.496 e. The van der Waals surface area contributed by atoms with Gasteiger partial charge in [-0.15, -0.1) is 0 Å². The number of pyridine rings is 1. The number of rotatable bonds is 5. The Bertz CT molecular complexity index is 837. The molecule has 0 saturated carbocycles. The maximum atomic E-state index is 6.01. The molecule has 0 radical (unpaired) electrons. The number of aromatic nitrogens is 1. The van der Waals surface area contributed by atoms with Crippen molar-refractivity contribution in [3.8, 4) is 17.4 Å². The van der Waals surface area contributed by atoms with E-state index in [2.05, 4.69) is 9.88 Å². The van der Waals surface area contributed by atoms with E-state index in [0.29, 0.717) is 5.88 Å². The van der Waals surface area contributed by atoms with E-state index in [1.165, 1.54) is 12.8 Å². The molecule has 5 heteroatoms. The second-order valence-corrected chi connectivity index (χ2v) is 6.01. The first-order valence-electron chi connectivity index (χ1n) is 8.23. The minimum atomic E-state index is 0.554. The highest BCUT2D eigenvalue weighted by molar-refractivity contribution is 5.82. The third kappa shape index (κ3) is 2.95. The van der Waals surface area contributed by atoms with E-state index in [4.69, 9.17) is 13.9 Å². The Balaban J connectivity index is 1.62. The van der Waals surface area contributed by atoms with Gasteiger partial charge < -0.3 is 13.9 Å². The van der Waals surface area contributed by atoms with Crippen LogP contribution in [-0.4, -0.2) is 30.1 Å². The van der Waals surface area contributed by atoms with Crippen molar-refractivity contribution in [1.82, 2.24) is 9.88 Å². The quantitative estimate of drug-likeness (QED) is 0.703. The van der Waals surface area contributed by atoms with E-state index in [-0.39, 0.29) is 0 Å². The van der Waals surface area contributed by atoms with Crippen LogP contribution in [0.25, 0.3) is 11.0 Å². The van der Waals surface area contributed by atoms with Gasteiger partial charge in [-0.2, -0.15) is 0 Å². The van der Waals surface area contributed by atoms with Gasteiger partial charge >= 0.3 is 0 Å². The molecule has 0 spiro atoms. The molecule has 0 N–H and O–H groups in total. The molecule has 4 rings (SSSR count).